The number of fused-ring (bicyclic) bond motifs is 1. The third-order valence-corrected chi connectivity index (χ3v) is 14.0. The lowest BCUT2D eigenvalue weighted by Gasteiger charge is -2.35. The molecule has 4 N–H and O–H groups in total. The summed E-state index contributed by atoms with van der Waals surface area (Å²) in [6, 6.07) is 26.0. The van der Waals surface area contributed by atoms with Gasteiger partial charge in [0.2, 0.25) is 5.91 Å². The van der Waals surface area contributed by atoms with Crippen molar-refractivity contribution >= 4 is 46.9 Å². The van der Waals surface area contributed by atoms with E-state index in [4.69, 9.17) is 42.8 Å². The predicted octanol–water partition coefficient (Wildman–Crippen LogP) is 10.2. The van der Waals surface area contributed by atoms with E-state index in [-0.39, 0.29) is 23.6 Å². The number of nitrogens with one attached hydrogen (secondary N) is 4. The van der Waals surface area contributed by atoms with Crippen molar-refractivity contribution in [1.82, 2.24) is 20.6 Å². The van der Waals surface area contributed by atoms with E-state index in [1.54, 1.807) is 36.4 Å². The SMILES string of the molecule is Cc1nc([C@H](C)NC(=O)c2ccc(-c3ccc(NC(=O)OC(C)(C)C)cc3)cc2)cc(N2[C@H](C(=O)NCCOCCOCCOCCOCCOCCCCCCc3ccc(NC(=O)c4ccc([N+](=O)[O-])o4)cc3)C[C@@H]3CCCC[C@@H]32)n1. The molecule has 1 saturated carbocycles. The molecule has 2 fully saturated rings. The van der Waals surface area contributed by atoms with Gasteiger partial charge in [0.05, 0.1) is 77.3 Å². The van der Waals surface area contributed by atoms with Crippen LogP contribution in [0.15, 0.2) is 95.4 Å². The summed E-state index contributed by atoms with van der Waals surface area (Å²) < 4.78 is 38.7. The summed E-state index contributed by atoms with van der Waals surface area (Å²) in [6.45, 7) is 14.2. The second-order valence-electron chi connectivity index (χ2n) is 21.5. The zero-order valence-corrected chi connectivity index (χ0v) is 47.9. The Morgan fingerprint density at radius 2 is 1.29 bits per heavy atom. The van der Waals surface area contributed by atoms with Gasteiger partial charge >= 0.3 is 12.0 Å². The van der Waals surface area contributed by atoms with Crippen LogP contribution in [0.3, 0.4) is 0 Å². The van der Waals surface area contributed by atoms with E-state index >= 15 is 0 Å². The van der Waals surface area contributed by atoms with Gasteiger partial charge in [-0.2, -0.15) is 0 Å². The monoisotopic (exact) mass is 1130 g/mol. The molecule has 82 heavy (non-hydrogen) atoms. The third kappa shape index (κ3) is 20.0. The standard InChI is InChI=1S/C61H80N8O13/c1-42(63-57(70)47-19-17-45(18-20-47)46-21-25-50(26-22-46)67-60(73)82-61(3,4)5)51-41-55(65-43(2)64-51)68-52-14-10-9-13-48(52)40-53(68)58(71)62-29-31-77-33-35-79-37-39-80-38-36-78-34-32-76-30-11-7-6-8-12-44-15-23-49(24-16-44)66-59(72)54-27-28-56(81-54)69(74)75/h15-28,41-42,48,52-53H,6-14,29-40H2,1-5H3,(H,62,71)(H,63,70)(H,66,72)(H,67,73)/t42-,48-,52-,53-/m0/s1. The highest BCUT2D eigenvalue weighted by Crippen LogP contribution is 2.42. The lowest BCUT2D eigenvalue weighted by Crippen LogP contribution is -2.48. The fourth-order valence-electron chi connectivity index (χ4n) is 10.0. The average molecular weight is 1130 g/mol. The number of nitrogens with zero attached hydrogens (tertiary/aromatic N) is 4. The van der Waals surface area contributed by atoms with E-state index in [1.807, 2.05) is 77.1 Å². The molecule has 5 aromatic rings. The van der Waals surface area contributed by atoms with Crippen molar-refractivity contribution in [3.8, 4) is 11.1 Å². The van der Waals surface area contributed by atoms with Crippen LogP contribution in [0.1, 0.15) is 130 Å². The van der Waals surface area contributed by atoms with Gasteiger partial charge in [0.15, 0.2) is 5.76 Å². The lowest BCUT2D eigenvalue weighted by molar-refractivity contribution is -0.402. The highest BCUT2D eigenvalue weighted by Gasteiger charge is 2.46. The number of amides is 4. The Balaban J connectivity index is 0.703. The minimum absolute atomic E-state index is 0.0560. The number of aromatic nitrogens is 2. The number of benzene rings is 3. The number of ether oxygens (including phenoxy) is 6. The quantitative estimate of drug-likeness (QED) is 0.0177. The Morgan fingerprint density at radius 3 is 1.93 bits per heavy atom. The number of aryl methyl sites for hydroxylation is 2. The number of hydrogen-bond acceptors (Lipinski definition) is 16. The number of carbonyl (C=O) groups excluding carboxylic acids is 4. The Hall–Kier alpha value is -7.30. The summed E-state index contributed by atoms with van der Waals surface area (Å²) in [7, 11) is 0. The first-order chi connectivity index (χ1) is 39.6. The molecule has 1 aliphatic carbocycles. The molecule has 21 nitrogen and oxygen atoms in total. The van der Waals surface area contributed by atoms with E-state index in [2.05, 4.69) is 26.2 Å². The first-order valence-corrected chi connectivity index (χ1v) is 28.6. The van der Waals surface area contributed by atoms with Gasteiger partial charge in [-0.1, -0.05) is 62.1 Å². The minimum atomic E-state index is -0.687. The molecule has 0 unspecified atom stereocenters. The van der Waals surface area contributed by atoms with Gasteiger partial charge in [-0.05, 0) is 138 Å². The molecule has 0 radical (unpaired) electrons. The number of carbonyl (C=O) groups is 4. The van der Waals surface area contributed by atoms with Gasteiger partial charge in [0.1, 0.15) is 28.2 Å². The van der Waals surface area contributed by atoms with Crippen molar-refractivity contribution in [3.05, 3.63) is 130 Å². The third-order valence-electron chi connectivity index (χ3n) is 14.0. The molecule has 21 heteroatoms. The van der Waals surface area contributed by atoms with Crippen molar-refractivity contribution < 1.29 is 56.9 Å². The van der Waals surface area contributed by atoms with Crippen LogP contribution in [-0.4, -0.2) is 129 Å². The topological polar surface area (TPSA) is 257 Å². The largest absolute Gasteiger partial charge is 0.444 e. The van der Waals surface area contributed by atoms with Gasteiger partial charge in [-0.15, -0.1) is 0 Å². The molecule has 442 valence electrons. The van der Waals surface area contributed by atoms with Crippen molar-refractivity contribution in [2.75, 3.05) is 88.1 Å². The highest BCUT2D eigenvalue weighted by atomic mass is 16.6. The fraction of sp³-hybridized carbons (Fsp3) is 0.508. The molecule has 3 heterocycles. The Bertz CT molecular complexity index is 2820. The van der Waals surface area contributed by atoms with Crippen molar-refractivity contribution in [1.29, 1.82) is 0 Å². The Kier molecular flexibility index (Phi) is 24.2. The lowest BCUT2D eigenvalue weighted by atomic mass is 9.84. The van der Waals surface area contributed by atoms with Crippen molar-refractivity contribution in [2.45, 2.75) is 123 Å². The van der Waals surface area contributed by atoms with Crippen molar-refractivity contribution in [3.63, 3.8) is 0 Å². The molecule has 7 rings (SSSR count). The van der Waals surface area contributed by atoms with E-state index in [0.717, 1.165) is 87.0 Å². The number of rotatable bonds is 32. The van der Waals surface area contributed by atoms with Gasteiger partial charge in [-0.25, -0.2) is 14.8 Å². The molecule has 0 spiro atoms. The molecular formula is C61H80N8O13. The maximum atomic E-state index is 13.9. The van der Waals surface area contributed by atoms with Crippen LogP contribution in [0, 0.1) is 23.0 Å². The molecule has 0 bridgehead atoms. The van der Waals surface area contributed by atoms with Gasteiger partial charge < -0.3 is 53.7 Å². The first-order valence-electron chi connectivity index (χ1n) is 28.6. The molecule has 1 aliphatic heterocycles. The Labute approximate surface area is 480 Å². The molecule has 2 aliphatic rings. The summed E-state index contributed by atoms with van der Waals surface area (Å²) in [5.41, 5.74) is 4.77. The normalized spacial score (nSPS) is 16.3. The van der Waals surface area contributed by atoms with E-state index in [1.165, 1.54) is 6.07 Å². The Morgan fingerprint density at radius 1 is 0.707 bits per heavy atom. The number of hydrogen-bond donors (Lipinski definition) is 4. The summed E-state index contributed by atoms with van der Waals surface area (Å²) in [4.78, 5) is 73.8. The molecule has 2 aromatic heterocycles. The van der Waals surface area contributed by atoms with Gasteiger partial charge in [0.25, 0.3) is 11.8 Å². The van der Waals surface area contributed by atoms with Gasteiger partial charge in [0, 0.05) is 42.2 Å². The summed E-state index contributed by atoms with van der Waals surface area (Å²) in [5.74, 6) is 0.198. The summed E-state index contributed by atoms with van der Waals surface area (Å²) >= 11 is 0. The van der Waals surface area contributed by atoms with Crippen LogP contribution in [0.4, 0.5) is 27.9 Å². The number of unbranched alkanes of at least 4 members (excludes halogenated alkanes) is 3. The second-order valence-corrected chi connectivity index (χ2v) is 21.5. The maximum absolute atomic E-state index is 13.9. The van der Waals surface area contributed by atoms with Gasteiger partial charge in [-0.3, -0.25) is 29.8 Å². The van der Waals surface area contributed by atoms with Crippen LogP contribution >= 0.6 is 0 Å². The maximum Gasteiger partial charge on any atom is 0.433 e. The smallest absolute Gasteiger partial charge is 0.433 e. The molecule has 3 aromatic carbocycles. The van der Waals surface area contributed by atoms with Crippen molar-refractivity contribution in [2.24, 2.45) is 5.92 Å². The average Bonchev–Trinajstić information content (AvgIpc) is 4.33. The van der Waals surface area contributed by atoms with Crippen LogP contribution in [0.5, 0.6) is 0 Å². The molecule has 4 amide bonds. The fourth-order valence-corrected chi connectivity index (χ4v) is 10.0. The second kappa shape index (κ2) is 31.8. The highest BCUT2D eigenvalue weighted by molar-refractivity contribution is 6.02. The number of furan rings is 1. The number of nitro groups is 1. The van der Waals surface area contributed by atoms with Crippen LogP contribution < -0.4 is 26.2 Å². The van der Waals surface area contributed by atoms with Crippen LogP contribution in [-0.2, 0) is 39.6 Å². The molecular weight excluding hydrogens is 1050 g/mol. The summed E-state index contributed by atoms with van der Waals surface area (Å²) in [6.07, 6.45) is 9.57. The zero-order valence-electron chi connectivity index (χ0n) is 47.9. The minimum Gasteiger partial charge on any atom is -0.444 e. The number of anilines is 3. The summed E-state index contributed by atoms with van der Waals surface area (Å²) in [5, 5.41) is 22.4. The van der Waals surface area contributed by atoms with E-state index < -0.39 is 40.5 Å². The van der Waals surface area contributed by atoms with E-state index in [9.17, 15) is 29.3 Å². The predicted molar refractivity (Wildman–Crippen MR) is 310 cm³/mol. The van der Waals surface area contributed by atoms with Crippen LogP contribution in [0.25, 0.3) is 11.1 Å². The molecule has 4 atom stereocenters. The molecule has 1 saturated heterocycles. The zero-order chi connectivity index (χ0) is 58.3. The van der Waals surface area contributed by atoms with Crippen LogP contribution in [0.2, 0.25) is 0 Å². The first kappa shape index (κ1) is 62.3. The van der Waals surface area contributed by atoms with E-state index in [0.29, 0.717) is 113 Å².